The second kappa shape index (κ2) is 4.70. The highest BCUT2D eigenvalue weighted by Crippen LogP contribution is 2.28. The van der Waals surface area contributed by atoms with Crippen LogP contribution in [0.3, 0.4) is 0 Å². The molecule has 96 valence electrons. The van der Waals surface area contributed by atoms with Gasteiger partial charge in [0.1, 0.15) is 5.82 Å². The van der Waals surface area contributed by atoms with Crippen LogP contribution >= 0.6 is 15.9 Å². The van der Waals surface area contributed by atoms with Crippen LogP contribution in [-0.4, -0.2) is 9.55 Å². The summed E-state index contributed by atoms with van der Waals surface area (Å²) in [7, 11) is 2.05. The zero-order valence-electron chi connectivity index (χ0n) is 10.8. The third-order valence-electron chi connectivity index (χ3n) is 3.19. The first-order chi connectivity index (χ1) is 9.15. The molecule has 0 aliphatic carbocycles. The molecular weight excluding hydrogens is 302 g/mol. The van der Waals surface area contributed by atoms with Crippen molar-refractivity contribution >= 4 is 38.3 Å². The summed E-state index contributed by atoms with van der Waals surface area (Å²) in [6, 6.07) is 10.4. The number of aromatic nitrogens is 2. The number of fused-ring (bicyclic) bond motifs is 1. The zero-order chi connectivity index (χ0) is 13.4. The van der Waals surface area contributed by atoms with Crippen LogP contribution in [0.2, 0.25) is 0 Å². The average Bonchev–Trinajstić information content (AvgIpc) is 2.71. The van der Waals surface area contributed by atoms with Gasteiger partial charge in [-0.1, -0.05) is 18.2 Å². The molecule has 0 saturated heterocycles. The minimum Gasteiger partial charge on any atom is -0.348 e. The van der Waals surface area contributed by atoms with Crippen LogP contribution in [-0.2, 0) is 7.05 Å². The molecule has 0 aliphatic heterocycles. The predicted molar refractivity (Wildman–Crippen MR) is 82.9 cm³/mol. The fourth-order valence-electron chi connectivity index (χ4n) is 2.24. The lowest BCUT2D eigenvalue weighted by molar-refractivity contribution is 0.970. The van der Waals surface area contributed by atoms with E-state index in [2.05, 4.69) is 74.4 Å². The molecule has 2 heterocycles. The van der Waals surface area contributed by atoms with Crippen molar-refractivity contribution in [3.05, 3.63) is 52.8 Å². The number of halogens is 1. The molecule has 0 fully saturated rings. The maximum atomic E-state index is 4.42. The Labute approximate surface area is 120 Å². The highest BCUT2D eigenvalue weighted by molar-refractivity contribution is 9.10. The van der Waals surface area contributed by atoms with Gasteiger partial charge in [-0.15, -0.1) is 0 Å². The number of hydrogen-bond donors (Lipinski definition) is 1. The third kappa shape index (κ3) is 2.24. The predicted octanol–water partition coefficient (Wildman–Crippen LogP) is 4.39. The van der Waals surface area contributed by atoms with Gasteiger partial charge in [-0.3, -0.25) is 0 Å². The number of anilines is 2. The van der Waals surface area contributed by atoms with Crippen molar-refractivity contribution in [1.82, 2.24) is 9.55 Å². The summed E-state index contributed by atoms with van der Waals surface area (Å²) in [6.45, 7) is 2.05. The Morgan fingerprint density at radius 2 is 2.05 bits per heavy atom. The minimum absolute atomic E-state index is 0.888. The van der Waals surface area contributed by atoms with Gasteiger partial charge in [0, 0.05) is 34.8 Å². The van der Waals surface area contributed by atoms with E-state index < -0.39 is 0 Å². The van der Waals surface area contributed by atoms with E-state index in [-0.39, 0.29) is 0 Å². The number of benzene rings is 1. The zero-order valence-corrected chi connectivity index (χ0v) is 12.4. The lowest BCUT2D eigenvalue weighted by Gasteiger charge is -2.07. The molecule has 0 unspecified atom stereocenters. The van der Waals surface area contributed by atoms with E-state index in [4.69, 9.17) is 0 Å². The van der Waals surface area contributed by atoms with E-state index in [0.717, 1.165) is 21.5 Å². The molecule has 0 amide bonds. The van der Waals surface area contributed by atoms with E-state index in [1.807, 2.05) is 6.92 Å². The Balaban J connectivity index is 2.06. The number of hydrogen-bond acceptors (Lipinski definition) is 2. The first kappa shape index (κ1) is 12.2. The molecular formula is C15H14BrN3. The van der Waals surface area contributed by atoms with Gasteiger partial charge in [0.05, 0.1) is 5.69 Å². The summed E-state index contributed by atoms with van der Waals surface area (Å²) in [5, 5.41) is 4.61. The maximum absolute atomic E-state index is 4.42. The van der Waals surface area contributed by atoms with Gasteiger partial charge in [-0.05, 0) is 40.5 Å². The first-order valence-corrected chi connectivity index (χ1v) is 6.87. The maximum Gasteiger partial charge on any atom is 0.133 e. The quantitative estimate of drug-likeness (QED) is 0.760. The van der Waals surface area contributed by atoms with Crippen LogP contribution in [0.15, 0.2) is 47.2 Å². The lowest BCUT2D eigenvalue weighted by atomic mass is 10.2. The molecule has 4 heteroatoms. The lowest BCUT2D eigenvalue weighted by Crippen LogP contribution is -1.95. The van der Waals surface area contributed by atoms with Gasteiger partial charge in [-0.2, -0.15) is 0 Å². The van der Waals surface area contributed by atoms with Crippen molar-refractivity contribution in [2.24, 2.45) is 7.05 Å². The number of aryl methyl sites for hydroxylation is 2. The van der Waals surface area contributed by atoms with Crippen LogP contribution in [0, 0.1) is 6.92 Å². The van der Waals surface area contributed by atoms with Crippen molar-refractivity contribution in [3.63, 3.8) is 0 Å². The fourth-order valence-corrected chi connectivity index (χ4v) is 2.69. The van der Waals surface area contributed by atoms with Crippen molar-refractivity contribution in [1.29, 1.82) is 0 Å². The molecule has 0 aliphatic rings. The summed E-state index contributed by atoms with van der Waals surface area (Å²) >= 11 is 3.43. The summed E-state index contributed by atoms with van der Waals surface area (Å²) in [4.78, 5) is 4.42. The van der Waals surface area contributed by atoms with Crippen molar-refractivity contribution < 1.29 is 0 Å². The van der Waals surface area contributed by atoms with E-state index in [9.17, 15) is 0 Å². The minimum atomic E-state index is 0.888. The molecule has 0 bridgehead atoms. The van der Waals surface area contributed by atoms with Crippen molar-refractivity contribution in [2.75, 3.05) is 5.32 Å². The summed E-state index contributed by atoms with van der Waals surface area (Å²) < 4.78 is 3.11. The molecule has 3 aromatic rings. The molecule has 3 nitrogen and oxygen atoms in total. The van der Waals surface area contributed by atoms with Crippen LogP contribution in [0.5, 0.6) is 0 Å². The Bertz CT molecular complexity index is 746. The van der Waals surface area contributed by atoms with Crippen molar-refractivity contribution in [3.8, 4) is 0 Å². The second-order valence-electron chi connectivity index (χ2n) is 4.61. The van der Waals surface area contributed by atoms with Gasteiger partial charge < -0.3 is 9.88 Å². The van der Waals surface area contributed by atoms with Crippen molar-refractivity contribution in [2.45, 2.75) is 6.92 Å². The van der Waals surface area contributed by atoms with E-state index >= 15 is 0 Å². The van der Waals surface area contributed by atoms with Crippen LogP contribution in [0.4, 0.5) is 11.5 Å². The molecule has 19 heavy (non-hydrogen) atoms. The molecule has 0 radical (unpaired) electrons. The summed E-state index contributed by atoms with van der Waals surface area (Å²) in [6.07, 6.45) is 3.90. The Hall–Kier alpha value is -1.81. The molecule has 0 spiro atoms. The SMILES string of the molecule is Cc1cc(Br)cnc1Nc1cn(C)c2ccccc12. The highest BCUT2D eigenvalue weighted by Gasteiger charge is 2.08. The number of para-hydroxylation sites is 1. The third-order valence-corrected chi connectivity index (χ3v) is 3.63. The Morgan fingerprint density at radius 1 is 1.26 bits per heavy atom. The highest BCUT2D eigenvalue weighted by atomic mass is 79.9. The molecule has 2 aromatic heterocycles. The Kier molecular flexibility index (Phi) is 3.03. The van der Waals surface area contributed by atoms with Gasteiger partial charge >= 0.3 is 0 Å². The average molecular weight is 316 g/mol. The number of rotatable bonds is 2. The number of nitrogens with zero attached hydrogens (tertiary/aromatic N) is 2. The van der Waals surface area contributed by atoms with E-state index in [1.165, 1.54) is 10.9 Å². The van der Waals surface area contributed by atoms with Gasteiger partial charge in [0.15, 0.2) is 0 Å². The summed E-state index contributed by atoms with van der Waals surface area (Å²) in [5.41, 5.74) is 3.40. The monoisotopic (exact) mass is 315 g/mol. The van der Waals surface area contributed by atoms with E-state index in [0.29, 0.717) is 0 Å². The summed E-state index contributed by atoms with van der Waals surface area (Å²) in [5.74, 6) is 0.888. The molecule has 1 aromatic carbocycles. The van der Waals surface area contributed by atoms with Crippen LogP contribution in [0.25, 0.3) is 10.9 Å². The number of pyridine rings is 1. The van der Waals surface area contributed by atoms with Crippen LogP contribution in [0.1, 0.15) is 5.56 Å². The topological polar surface area (TPSA) is 29.9 Å². The molecule has 1 N–H and O–H groups in total. The standard InChI is InChI=1S/C15H14BrN3/c1-10-7-11(16)8-17-15(10)18-13-9-19(2)14-6-4-3-5-12(13)14/h3-9H,1-2H3,(H,17,18). The van der Waals surface area contributed by atoms with Gasteiger partial charge in [0.25, 0.3) is 0 Å². The largest absolute Gasteiger partial charge is 0.348 e. The molecule has 0 saturated carbocycles. The smallest absolute Gasteiger partial charge is 0.133 e. The van der Waals surface area contributed by atoms with Gasteiger partial charge in [0.2, 0.25) is 0 Å². The first-order valence-electron chi connectivity index (χ1n) is 6.08. The molecule has 3 rings (SSSR count). The van der Waals surface area contributed by atoms with Crippen LogP contribution < -0.4 is 5.32 Å². The fraction of sp³-hybridized carbons (Fsp3) is 0.133. The normalized spacial score (nSPS) is 10.9. The van der Waals surface area contributed by atoms with Gasteiger partial charge in [-0.25, -0.2) is 4.98 Å². The van der Waals surface area contributed by atoms with E-state index in [1.54, 1.807) is 6.20 Å². The molecule has 0 atom stereocenters. The Morgan fingerprint density at radius 3 is 2.84 bits per heavy atom. The second-order valence-corrected chi connectivity index (χ2v) is 5.53. The number of nitrogens with one attached hydrogen (secondary N) is 1.